The molecule has 1 N–H and O–H groups in total. The maximum absolute atomic E-state index is 13.6. The third-order valence-corrected chi connectivity index (χ3v) is 4.37. The van der Waals surface area contributed by atoms with Crippen LogP contribution in [0.15, 0.2) is 48.7 Å². The van der Waals surface area contributed by atoms with Gasteiger partial charge in [-0.1, -0.05) is 30.3 Å². The minimum Gasteiger partial charge on any atom is -0.490 e. The number of aliphatic hydroxyl groups excluding tert-OH is 1. The maximum atomic E-state index is 13.6. The van der Waals surface area contributed by atoms with Crippen molar-refractivity contribution in [2.75, 3.05) is 13.2 Å². The van der Waals surface area contributed by atoms with Gasteiger partial charge >= 0.3 is 6.18 Å². The molecule has 2 aromatic heterocycles. The number of Topliss-reactive ketones (excluding diaryl/α,β-unsaturated/α-hetero) is 1. The van der Waals surface area contributed by atoms with Crippen LogP contribution in [0.3, 0.4) is 0 Å². The molecule has 0 aliphatic carbocycles. The highest BCUT2D eigenvalue weighted by Crippen LogP contribution is 2.35. The molecule has 28 heavy (non-hydrogen) atoms. The molecule has 0 saturated carbocycles. The van der Waals surface area contributed by atoms with Gasteiger partial charge in [-0.15, -0.1) is 0 Å². The molecule has 3 aromatic rings. The second-order valence-corrected chi connectivity index (χ2v) is 6.22. The SMILES string of the molecule is CCOc1cccn2c(C(=O)C[C@@H](CO)c3ccccc3)c(C(F)(F)F)nc12. The van der Waals surface area contributed by atoms with E-state index in [1.165, 1.54) is 18.3 Å². The second kappa shape index (κ2) is 8.02. The summed E-state index contributed by atoms with van der Waals surface area (Å²) in [5.41, 5.74) is -1.20. The molecule has 5 nitrogen and oxygen atoms in total. The Hall–Kier alpha value is -2.87. The molecule has 148 valence electrons. The number of fused-ring (bicyclic) bond motifs is 1. The Bertz CT molecular complexity index is 968. The number of ketones is 1. The van der Waals surface area contributed by atoms with Gasteiger partial charge in [-0.25, -0.2) is 4.98 Å². The van der Waals surface area contributed by atoms with Gasteiger partial charge in [-0.05, 0) is 24.6 Å². The van der Waals surface area contributed by atoms with E-state index in [0.717, 1.165) is 4.40 Å². The lowest BCUT2D eigenvalue weighted by Crippen LogP contribution is -2.17. The van der Waals surface area contributed by atoms with Crippen LogP contribution in [0.4, 0.5) is 13.2 Å². The summed E-state index contributed by atoms with van der Waals surface area (Å²) >= 11 is 0. The molecule has 1 aromatic carbocycles. The van der Waals surface area contributed by atoms with Crippen molar-refractivity contribution < 1.29 is 27.8 Å². The third kappa shape index (κ3) is 3.87. The van der Waals surface area contributed by atoms with Crippen molar-refractivity contribution in [1.82, 2.24) is 9.38 Å². The molecule has 8 heteroatoms. The Morgan fingerprint density at radius 3 is 2.54 bits per heavy atom. The van der Waals surface area contributed by atoms with Crippen LogP contribution in [0.5, 0.6) is 5.75 Å². The van der Waals surface area contributed by atoms with E-state index < -0.39 is 29.3 Å². The number of alkyl halides is 3. The first-order valence-corrected chi connectivity index (χ1v) is 8.76. The van der Waals surface area contributed by atoms with Crippen LogP contribution in [0.1, 0.15) is 41.0 Å². The summed E-state index contributed by atoms with van der Waals surface area (Å²) in [5.74, 6) is -1.21. The van der Waals surface area contributed by atoms with Crippen molar-refractivity contribution >= 4 is 11.4 Å². The lowest BCUT2D eigenvalue weighted by Gasteiger charge is -2.14. The van der Waals surface area contributed by atoms with Crippen LogP contribution in [-0.2, 0) is 6.18 Å². The molecule has 3 rings (SSSR count). The van der Waals surface area contributed by atoms with Crippen molar-refractivity contribution in [3.8, 4) is 5.75 Å². The Labute approximate surface area is 159 Å². The summed E-state index contributed by atoms with van der Waals surface area (Å²) in [6.45, 7) is 1.59. The lowest BCUT2D eigenvalue weighted by molar-refractivity contribution is -0.141. The first kappa shape index (κ1) is 19.9. The largest absolute Gasteiger partial charge is 0.490 e. The van der Waals surface area contributed by atoms with E-state index >= 15 is 0 Å². The highest BCUT2D eigenvalue weighted by molar-refractivity contribution is 5.97. The lowest BCUT2D eigenvalue weighted by atomic mass is 9.93. The molecule has 0 aliphatic heterocycles. The number of pyridine rings is 1. The summed E-state index contributed by atoms with van der Waals surface area (Å²) in [5, 5.41) is 9.67. The van der Waals surface area contributed by atoms with E-state index in [1.54, 1.807) is 37.3 Å². The van der Waals surface area contributed by atoms with Gasteiger partial charge in [0.15, 0.2) is 22.9 Å². The van der Waals surface area contributed by atoms with E-state index in [2.05, 4.69) is 4.98 Å². The molecule has 0 fully saturated rings. The van der Waals surface area contributed by atoms with E-state index in [1.807, 2.05) is 0 Å². The van der Waals surface area contributed by atoms with Crippen LogP contribution in [-0.4, -0.2) is 33.5 Å². The van der Waals surface area contributed by atoms with Crippen LogP contribution < -0.4 is 4.74 Å². The highest BCUT2D eigenvalue weighted by atomic mass is 19.4. The highest BCUT2D eigenvalue weighted by Gasteiger charge is 2.40. The maximum Gasteiger partial charge on any atom is 0.435 e. The predicted octanol–water partition coefficient (Wildman–Crippen LogP) is 4.10. The average Bonchev–Trinajstić information content (AvgIpc) is 3.08. The first-order valence-electron chi connectivity index (χ1n) is 8.76. The number of aliphatic hydroxyl groups is 1. The van der Waals surface area contributed by atoms with Crippen LogP contribution in [0.2, 0.25) is 0 Å². The zero-order valence-corrected chi connectivity index (χ0v) is 15.1. The van der Waals surface area contributed by atoms with Gasteiger partial charge in [0.05, 0.1) is 13.2 Å². The number of carbonyl (C=O) groups excluding carboxylic acids is 1. The quantitative estimate of drug-likeness (QED) is 0.615. The molecule has 2 heterocycles. The molecule has 0 spiro atoms. The number of nitrogens with zero attached hydrogens (tertiary/aromatic N) is 2. The number of hydrogen-bond acceptors (Lipinski definition) is 4. The molecule has 0 amide bonds. The minimum atomic E-state index is -4.80. The predicted molar refractivity (Wildman–Crippen MR) is 96.6 cm³/mol. The van der Waals surface area contributed by atoms with E-state index in [0.29, 0.717) is 5.56 Å². The standard InChI is InChI=1S/C20H19F3N2O3/c1-2-28-16-9-6-10-25-17(18(20(21,22)23)24-19(16)25)15(27)11-14(12-26)13-7-4-3-5-8-13/h3-10,14,26H,2,11-12H2,1H3/t14-/m0/s1. The Balaban J connectivity index is 2.07. The molecule has 0 aliphatic rings. The Morgan fingerprint density at radius 2 is 1.93 bits per heavy atom. The zero-order valence-electron chi connectivity index (χ0n) is 15.1. The normalized spacial score (nSPS) is 12.9. The fraction of sp³-hybridized carbons (Fsp3) is 0.300. The van der Waals surface area contributed by atoms with Crippen molar-refractivity contribution in [2.24, 2.45) is 0 Å². The molecular weight excluding hydrogens is 373 g/mol. The molecule has 0 bridgehead atoms. The van der Waals surface area contributed by atoms with Gasteiger partial charge in [-0.2, -0.15) is 13.2 Å². The minimum absolute atomic E-state index is 0.0692. The van der Waals surface area contributed by atoms with E-state index in [9.17, 15) is 23.1 Å². The molecule has 0 radical (unpaired) electrons. The Morgan fingerprint density at radius 1 is 1.21 bits per heavy atom. The summed E-state index contributed by atoms with van der Waals surface area (Å²) in [6, 6.07) is 11.7. The number of ether oxygens (including phenoxy) is 1. The topological polar surface area (TPSA) is 63.8 Å². The fourth-order valence-corrected chi connectivity index (χ4v) is 3.11. The van der Waals surface area contributed by atoms with Crippen molar-refractivity contribution in [3.63, 3.8) is 0 Å². The van der Waals surface area contributed by atoms with Gasteiger partial charge < -0.3 is 9.84 Å². The smallest absolute Gasteiger partial charge is 0.435 e. The van der Waals surface area contributed by atoms with E-state index in [4.69, 9.17) is 4.74 Å². The van der Waals surface area contributed by atoms with Gasteiger partial charge in [0.25, 0.3) is 0 Å². The van der Waals surface area contributed by atoms with Crippen molar-refractivity contribution in [3.05, 3.63) is 65.6 Å². The monoisotopic (exact) mass is 392 g/mol. The molecular formula is C20H19F3N2O3. The second-order valence-electron chi connectivity index (χ2n) is 6.22. The van der Waals surface area contributed by atoms with Crippen LogP contribution in [0.25, 0.3) is 5.65 Å². The number of carbonyl (C=O) groups is 1. The summed E-state index contributed by atoms with van der Waals surface area (Å²) in [7, 11) is 0. The number of imidazole rings is 1. The number of rotatable bonds is 7. The van der Waals surface area contributed by atoms with Gasteiger partial charge in [0.1, 0.15) is 5.69 Å². The van der Waals surface area contributed by atoms with Gasteiger partial charge in [-0.3, -0.25) is 9.20 Å². The number of benzene rings is 1. The summed E-state index contributed by atoms with van der Waals surface area (Å²) in [6.07, 6.45) is -3.73. The Kier molecular flexibility index (Phi) is 5.69. The number of aromatic nitrogens is 2. The first-order chi connectivity index (χ1) is 13.4. The average molecular weight is 392 g/mol. The zero-order chi connectivity index (χ0) is 20.3. The third-order valence-electron chi connectivity index (χ3n) is 4.37. The van der Waals surface area contributed by atoms with Crippen LogP contribution >= 0.6 is 0 Å². The van der Waals surface area contributed by atoms with E-state index in [-0.39, 0.29) is 31.0 Å². The van der Waals surface area contributed by atoms with Crippen LogP contribution in [0, 0.1) is 0 Å². The van der Waals surface area contributed by atoms with Crippen molar-refractivity contribution in [2.45, 2.75) is 25.4 Å². The summed E-state index contributed by atoms with van der Waals surface area (Å²) in [4.78, 5) is 16.5. The number of halogens is 3. The van der Waals surface area contributed by atoms with Gasteiger partial charge in [0, 0.05) is 18.5 Å². The van der Waals surface area contributed by atoms with Gasteiger partial charge in [0.2, 0.25) is 0 Å². The molecule has 1 atom stereocenters. The molecule has 0 saturated heterocycles. The fourth-order valence-electron chi connectivity index (χ4n) is 3.11. The number of hydrogen-bond donors (Lipinski definition) is 1. The van der Waals surface area contributed by atoms with Crippen molar-refractivity contribution in [1.29, 1.82) is 0 Å². The molecule has 0 unspecified atom stereocenters. The summed E-state index contributed by atoms with van der Waals surface area (Å²) < 4.78 is 47.2.